The lowest BCUT2D eigenvalue weighted by Gasteiger charge is -1.77. The summed E-state index contributed by atoms with van der Waals surface area (Å²) in [6.07, 6.45) is 0. The third kappa shape index (κ3) is 1630. The summed E-state index contributed by atoms with van der Waals surface area (Å²) in [5.74, 6) is -0.333. The van der Waals surface area contributed by atoms with Gasteiger partial charge < -0.3 is 15.6 Å². The number of amides is 1. The smallest absolute Gasteiger partial charge is 0.417 e. The van der Waals surface area contributed by atoms with Gasteiger partial charge in [-0.1, -0.05) is 0 Å². The van der Waals surface area contributed by atoms with Gasteiger partial charge in [0, 0.05) is 24.2 Å². The molecule has 0 aromatic heterocycles. The maximum atomic E-state index is 9.22. The second kappa shape index (κ2) is 104. The predicted molar refractivity (Wildman–Crippen MR) is 62.6 cm³/mol. The first-order chi connectivity index (χ1) is 9.39. The molecule has 0 saturated heterocycles. The molecular formula is C7H14N4O9. The van der Waals surface area contributed by atoms with Gasteiger partial charge in [-0.25, -0.2) is 14.9 Å². The van der Waals surface area contributed by atoms with Crippen molar-refractivity contribution in [3.8, 4) is 6.57 Å². The van der Waals surface area contributed by atoms with Crippen LogP contribution < -0.4 is 16.4 Å². The molecule has 0 unspecified atom stereocenters. The van der Waals surface area contributed by atoms with Gasteiger partial charge in [0.05, 0.1) is 6.61 Å². The molecule has 0 heterocycles. The first kappa shape index (κ1) is 36.0. The Bertz CT molecular complexity index is 203. The number of nitrogens with zero attached hydrogens (tertiary/aromatic N) is 1. The Hall–Kier alpha value is -3.30. The van der Waals surface area contributed by atoms with E-state index in [-0.39, 0.29) is 16.6 Å². The fraction of sp³-hybridized carbons (Fsp3) is 0.429. The highest BCUT2D eigenvalue weighted by molar-refractivity contribution is 5.70. The Labute approximate surface area is 113 Å². The van der Waals surface area contributed by atoms with Crippen molar-refractivity contribution >= 4 is 18.9 Å². The second-order valence-corrected chi connectivity index (χ2v) is 1.38. The van der Waals surface area contributed by atoms with E-state index < -0.39 is 0 Å². The van der Waals surface area contributed by atoms with E-state index in [1.807, 2.05) is 0 Å². The zero-order valence-corrected chi connectivity index (χ0v) is 10.5. The van der Waals surface area contributed by atoms with E-state index in [2.05, 4.69) is 17.0 Å². The molecule has 2 radical (unpaired) electrons. The van der Waals surface area contributed by atoms with Crippen LogP contribution >= 0.6 is 0 Å². The highest BCUT2D eigenvalue weighted by Gasteiger charge is 1.64. The maximum absolute atomic E-state index is 9.22. The summed E-state index contributed by atoms with van der Waals surface area (Å²) >= 11 is 0. The standard InChI is InChI=1S/C3H5O2.C2H5NO.CHN.CHO2.2HNO2/c1-2-5-3-4;1-2(3)4;1-2;3*2-1-3/h2H2,1H3;1H3,(H2,3,4);1H;(H,2,3);2*1H. The van der Waals surface area contributed by atoms with Gasteiger partial charge in [-0.3, -0.25) is 25.0 Å². The van der Waals surface area contributed by atoms with Crippen molar-refractivity contribution in [2.24, 2.45) is 5.73 Å². The number of nitriles is 1. The number of aliphatic hydroxyl groups excluding tert-OH is 1. The van der Waals surface area contributed by atoms with Gasteiger partial charge in [0.1, 0.15) is 0 Å². The van der Waals surface area contributed by atoms with Crippen molar-refractivity contribution < 1.29 is 34.9 Å². The Kier molecular flexibility index (Phi) is 188. The predicted octanol–water partition coefficient (Wildman–Crippen LogP) is -4.00. The van der Waals surface area contributed by atoms with Gasteiger partial charge in [-0.15, -0.1) is 0 Å². The molecule has 20 heavy (non-hydrogen) atoms. The van der Waals surface area contributed by atoms with Gasteiger partial charge in [0.15, 0.2) is 0 Å². The summed E-state index contributed by atoms with van der Waals surface area (Å²) in [6.45, 7) is 8.72. The van der Waals surface area contributed by atoms with Gasteiger partial charge in [0.25, 0.3) is 0 Å². The lowest BCUT2D eigenvalue weighted by molar-refractivity contribution is -0.399. The molecule has 0 atom stereocenters. The summed E-state index contributed by atoms with van der Waals surface area (Å²) in [7, 11) is 0. The minimum absolute atomic E-state index is 0.250. The van der Waals surface area contributed by atoms with Crippen molar-refractivity contribution in [3.63, 3.8) is 0 Å². The fourth-order valence-corrected chi connectivity index (χ4v) is 0.0589. The molecule has 0 aliphatic carbocycles. The molecule has 0 rings (SSSR count). The van der Waals surface area contributed by atoms with Crippen LogP contribution in [0.15, 0.2) is 0 Å². The minimum Gasteiger partial charge on any atom is -0.473 e. The van der Waals surface area contributed by atoms with E-state index in [9.17, 15) is 4.79 Å². The van der Waals surface area contributed by atoms with Crippen LogP contribution in [0.4, 0.5) is 0 Å². The molecule has 0 fully saturated rings. The lowest BCUT2D eigenvalue weighted by Crippen LogP contribution is -2.53. The number of rotatable bonds is 2. The monoisotopic (exact) mass is 298 g/mol. The fourth-order valence-electron chi connectivity index (χ4n) is 0.0589. The van der Waals surface area contributed by atoms with E-state index in [1.54, 1.807) is 6.92 Å². The Morgan fingerprint density at radius 2 is 1.50 bits per heavy atom. The Balaban J connectivity index is -0.0000000302. The molecule has 0 aliphatic heterocycles. The lowest BCUT2D eigenvalue weighted by atomic mass is 10.8. The molecule has 1 amide bonds. The van der Waals surface area contributed by atoms with Crippen LogP contribution in [0.3, 0.4) is 0 Å². The zero-order valence-electron chi connectivity index (χ0n) is 10.5. The van der Waals surface area contributed by atoms with Crippen LogP contribution in [-0.2, 0) is 19.1 Å². The third-order valence-corrected chi connectivity index (χ3v) is 0.203. The van der Waals surface area contributed by atoms with Crippen LogP contribution in [-0.4, -0.2) is 30.6 Å². The summed E-state index contributed by atoms with van der Waals surface area (Å²) < 4.78 is 4.03. The molecule has 0 aliphatic rings. The van der Waals surface area contributed by atoms with Crippen molar-refractivity contribution in [1.29, 1.82) is 5.26 Å². The van der Waals surface area contributed by atoms with Crippen molar-refractivity contribution in [1.82, 2.24) is 0 Å². The number of ether oxygens (including phenoxy) is 1. The average molecular weight is 298 g/mol. The average Bonchev–Trinajstić information content (AvgIpc) is 2.35. The van der Waals surface area contributed by atoms with Gasteiger partial charge in [-0.2, -0.15) is 0 Å². The summed E-state index contributed by atoms with van der Waals surface area (Å²) in [5, 5.41) is 30.0. The maximum Gasteiger partial charge on any atom is 0.417 e. The molecule has 0 saturated carbocycles. The van der Waals surface area contributed by atoms with Gasteiger partial charge >= 0.3 is 12.9 Å². The van der Waals surface area contributed by atoms with Crippen molar-refractivity contribution in [3.05, 3.63) is 20.2 Å². The quantitative estimate of drug-likeness (QED) is 0.284. The van der Waals surface area contributed by atoms with Crippen molar-refractivity contribution in [2.75, 3.05) is 6.61 Å². The Morgan fingerprint density at radius 1 is 1.35 bits per heavy atom. The molecule has 0 aromatic carbocycles. The first-order valence-corrected chi connectivity index (χ1v) is 3.90. The summed E-state index contributed by atoms with van der Waals surface area (Å²) in [4.78, 5) is 42.8. The van der Waals surface area contributed by atoms with Crippen LogP contribution in [0.5, 0.6) is 0 Å². The van der Waals surface area contributed by atoms with Crippen molar-refractivity contribution in [2.45, 2.75) is 13.8 Å². The number of nitrogens with one attached hydrogen (secondary N) is 2. The van der Waals surface area contributed by atoms with E-state index >= 15 is 0 Å². The number of carbonyl (C=O) groups excluding carboxylic acids is 2. The molecule has 0 aromatic rings. The topological polar surface area (TPSA) is 239 Å². The third-order valence-electron chi connectivity index (χ3n) is 0.203. The largest absolute Gasteiger partial charge is 0.473 e. The van der Waals surface area contributed by atoms with E-state index in [4.69, 9.17) is 40.2 Å². The van der Waals surface area contributed by atoms with E-state index in [0.29, 0.717) is 13.1 Å². The molecular weight excluding hydrogens is 284 g/mol. The molecule has 0 bridgehead atoms. The van der Waals surface area contributed by atoms with E-state index in [1.165, 1.54) is 13.4 Å². The molecule has 13 nitrogen and oxygen atoms in total. The van der Waals surface area contributed by atoms with Gasteiger partial charge in [-0.05, 0) is 6.92 Å². The SMILES string of the molecule is C#N.CC(N)=O.CCO[C]=O.O=[C]O.O=[NH+][O-].O=[NH+][O-]. The number of hydrogen-bond donors (Lipinski definition) is 4. The minimum atomic E-state index is -0.333. The number of primary amides is 1. The summed E-state index contributed by atoms with van der Waals surface area (Å²) in [6, 6.07) is 0. The molecule has 116 valence electrons. The Morgan fingerprint density at radius 3 is 1.50 bits per heavy atom. The molecule has 13 heteroatoms. The van der Waals surface area contributed by atoms with Crippen LogP contribution in [0, 0.1) is 32.1 Å². The van der Waals surface area contributed by atoms with Gasteiger partial charge in [0.2, 0.25) is 5.91 Å². The second-order valence-electron chi connectivity index (χ2n) is 1.38. The molecule has 0 spiro atoms. The first-order valence-electron chi connectivity index (χ1n) is 3.90. The molecule has 5 N–H and O–H groups in total. The number of carbonyl (C=O) groups is 1. The number of nitrogens with two attached hydrogens (primary N) is 1. The van der Waals surface area contributed by atoms with Crippen LogP contribution in [0.2, 0.25) is 0 Å². The zero-order chi connectivity index (χ0) is 17.8. The van der Waals surface area contributed by atoms with Crippen LogP contribution in [0.1, 0.15) is 13.8 Å². The highest BCUT2D eigenvalue weighted by Crippen LogP contribution is 1.55. The number of hydrogen-bond acceptors (Lipinski definition) is 9. The summed E-state index contributed by atoms with van der Waals surface area (Å²) in [5.41, 5.74) is 4.47. The highest BCUT2D eigenvalue weighted by atomic mass is 16.6. The normalized spacial score (nSPS) is 4.80. The van der Waals surface area contributed by atoms with E-state index in [0.717, 1.165) is 0 Å². The van der Waals surface area contributed by atoms with Crippen LogP contribution in [0.25, 0.3) is 0 Å².